The molecule has 0 saturated heterocycles. The normalized spacial score (nSPS) is 14.0. The molecule has 7 nitrogen and oxygen atoms in total. The van der Waals surface area contributed by atoms with Gasteiger partial charge in [0.05, 0.1) is 6.20 Å². The van der Waals surface area contributed by atoms with E-state index >= 15 is 0 Å². The second kappa shape index (κ2) is 18.3. The van der Waals surface area contributed by atoms with Crippen LogP contribution in [-0.4, -0.2) is 28.1 Å². The lowest BCUT2D eigenvalue weighted by molar-refractivity contribution is 0.668. The first-order valence-corrected chi connectivity index (χ1v) is 17.9. The molecule has 2 N–H and O–H groups in total. The average Bonchev–Trinajstić information content (AvgIpc) is 3.90. The molecule has 2 unspecified atom stereocenters. The van der Waals surface area contributed by atoms with Crippen LogP contribution >= 0.6 is 0 Å². The Hall–Kier alpha value is -4.49. The number of aromatic nitrogens is 3. The highest BCUT2D eigenvalue weighted by Gasteiger charge is 2.29. The third-order valence-electron chi connectivity index (χ3n) is 8.99. The van der Waals surface area contributed by atoms with Crippen molar-refractivity contribution in [3.8, 4) is 0 Å². The fraction of sp³-hybridized carbons (Fsp3) is 0.405. The van der Waals surface area contributed by atoms with Crippen LogP contribution in [0.15, 0.2) is 94.6 Å². The van der Waals surface area contributed by atoms with Gasteiger partial charge in [-0.05, 0) is 87.0 Å². The van der Waals surface area contributed by atoms with E-state index in [2.05, 4.69) is 93.0 Å². The molecule has 0 bridgehead atoms. The van der Waals surface area contributed by atoms with Gasteiger partial charge in [-0.25, -0.2) is 4.98 Å². The summed E-state index contributed by atoms with van der Waals surface area (Å²) in [7, 11) is 1.97. The van der Waals surface area contributed by atoms with Crippen molar-refractivity contribution in [2.45, 2.75) is 98.1 Å². The largest absolute Gasteiger partial charge is 0.456 e. The number of anilines is 1. The average molecular weight is 662 g/mol. The van der Waals surface area contributed by atoms with E-state index in [0.29, 0.717) is 24.1 Å². The predicted octanol–water partition coefficient (Wildman–Crippen LogP) is 10.4. The van der Waals surface area contributed by atoms with E-state index in [1.165, 1.54) is 29.5 Å². The number of nitrogens with zero attached hydrogens (tertiary/aromatic N) is 3. The van der Waals surface area contributed by atoms with Gasteiger partial charge in [0.25, 0.3) is 5.56 Å². The number of allylic oxidation sites excluding steroid dienone is 1. The molecule has 1 aliphatic carbocycles. The molecule has 260 valence electrons. The van der Waals surface area contributed by atoms with E-state index < -0.39 is 0 Å². The molecule has 6 rings (SSSR count). The van der Waals surface area contributed by atoms with E-state index in [1.807, 2.05) is 49.8 Å². The highest BCUT2D eigenvalue weighted by atomic mass is 16.3. The van der Waals surface area contributed by atoms with Crippen LogP contribution in [0.1, 0.15) is 114 Å². The number of likely N-dealkylation sites (N-methyl/N-ethyl adjacent to an activating group) is 1. The molecule has 0 radical (unpaired) electrons. The Labute approximate surface area is 292 Å². The Kier molecular flexibility index (Phi) is 14.0. The van der Waals surface area contributed by atoms with Crippen LogP contribution in [0.2, 0.25) is 0 Å². The van der Waals surface area contributed by atoms with Gasteiger partial charge in [-0.3, -0.25) is 14.3 Å². The molecule has 1 fully saturated rings. The molecule has 0 spiro atoms. The Morgan fingerprint density at radius 2 is 1.78 bits per heavy atom. The summed E-state index contributed by atoms with van der Waals surface area (Å²) in [6, 6.07) is 16.3. The topological polar surface area (TPSA) is 85.0 Å². The maximum Gasteiger partial charge on any atom is 0.277 e. The smallest absolute Gasteiger partial charge is 0.277 e. The second-order valence-electron chi connectivity index (χ2n) is 13.1. The molecular formula is C42H55N5O2. The number of nitrogens with one attached hydrogen (secondary N) is 2. The van der Waals surface area contributed by atoms with Gasteiger partial charge in [0, 0.05) is 48.2 Å². The number of furan rings is 1. The van der Waals surface area contributed by atoms with E-state index in [4.69, 9.17) is 4.42 Å². The molecule has 1 saturated carbocycles. The summed E-state index contributed by atoms with van der Waals surface area (Å²) in [5.41, 5.74) is 7.30. The molecule has 0 amide bonds. The maximum atomic E-state index is 13.0. The minimum absolute atomic E-state index is 0.0384. The van der Waals surface area contributed by atoms with Gasteiger partial charge in [0.2, 0.25) is 0 Å². The van der Waals surface area contributed by atoms with Gasteiger partial charge in [0.15, 0.2) is 0 Å². The summed E-state index contributed by atoms with van der Waals surface area (Å²) in [6.07, 6.45) is 15.5. The number of rotatable bonds is 12. The zero-order chi connectivity index (χ0) is 35.3. The summed E-state index contributed by atoms with van der Waals surface area (Å²) in [4.78, 5) is 21.8. The first-order chi connectivity index (χ1) is 23.8. The van der Waals surface area contributed by atoms with Crippen molar-refractivity contribution < 1.29 is 4.42 Å². The lowest BCUT2D eigenvalue weighted by atomic mass is 9.94. The van der Waals surface area contributed by atoms with Crippen LogP contribution in [0.5, 0.6) is 0 Å². The van der Waals surface area contributed by atoms with Gasteiger partial charge in [-0.1, -0.05) is 82.5 Å². The standard InChI is InChI=1S/C24H23N3O2.C14H22N2.C4H10/c1-3-12-27-23(16-8-9-16)25-14-20(24(27)28)26-15(2)17-10-11-22-19(13-17)18-6-4-5-7-21(18)29-22;1-5-12(3)14-6-7-16-10-13(14)8-11(2)9-15-4;1-3-4-2/h3-7,10-11,13-16,26H,1,8-9,12H2,2H3;6-8,10,12,15H,5,9H2,1-4H3;3-4H2,1-2H3/b;11-8+;. The molecule has 1 aliphatic rings. The van der Waals surface area contributed by atoms with Crippen molar-refractivity contribution in [2.75, 3.05) is 18.9 Å². The van der Waals surface area contributed by atoms with E-state index in [0.717, 1.165) is 59.1 Å². The number of unbranched alkanes of at least 4 members (excludes halogenated alkanes) is 1. The van der Waals surface area contributed by atoms with Gasteiger partial charge in [-0.15, -0.1) is 6.58 Å². The van der Waals surface area contributed by atoms with Crippen LogP contribution in [0.4, 0.5) is 5.69 Å². The van der Waals surface area contributed by atoms with Crippen molar-refractivity contribution >= 4 is 33.7 Å². The quantitative estimate of drug-likeness (QED) is 0.129. The van der Waals surface area contributed by atoms with Gasteiger partial charge >= 0.3 is 0 Å². The second-order valence-corrected chi connectivity index (χ2v) is 13.1. The first kappa shape index (κ1) is 37.3. The Morgan fingerprint density at radius 3 is 2.45 bits per heavy atom. The van der Waals surface area contributed by atoms with E-state index in [9.17, 15) is 4.79 Å². The number of fused-ring (bicyclic) bond motifs is 3. The highest BCUT2D eigenvalue weighted by molar-refractivity contribution is 6.05. The van der Waals surface area contributed by atoms with E-state index in [1.54, 1.807) is 16.8 Å². The zero-order valence-electron chi connectivity index (χ0n) is 30.6. The lowest BCUT2D eigenvalue weighted by Crippen LogP contribution is -2.27. The van der Waals surface area contributed by atoms with Crippen molar-refractivity contribution in [1.82, 2.24) is 19.9 Å². The molecular weight excluding hydrogens is 606 g/mol. The van der Waals surface area contributed by atoms with Crippen molar-refractivity contribution in [3.05, 3.63) is 118 Å². The lowest BCUT2D eigenvalue weighted by Gasteiger charge is -2.17. The molecule has 3 aromatic heterocycles. The van der Waals surface area contributed by atoms with Crippen molar-refractivity contribution in [2.24, 2.45) is 0 Å². The molecule has 7 heteroatoms. The van der Waals surface area contributed by atoms with Crippen LogP contribution in [-0.2, 0) is 6.54 Å². The summed E-state index contributed by atoms with van der Waals surface area (Å²) < 4.78 is 7.66. The third kappa shape index (κ3) is 9.79. The number of para-hydroxylation sites is 1. The van der Waals surface area contributed by atoms with Crippen LogP contribution in [0.25, 0.3) is 28.0 Å². The number of hydrogen-bond acceptors (Lipinski definition) is 6. The Morgan fingerprint density at radius 1 is 1.04 bits per heavy atom. The SMILES string of the molecule is C=CCn1c(C2CC2)ncc(NC(C)c2ccc3oc4ccccc4c3c2)c1=O.CCC(C)c1ccncc1/C=C(\C)CNC.CCCC. The number of hydrogen-bond donors (Lipinski definition) is 2. The minimum atomic E-state index is -0.0495. The van der Waals surface area contributed by atoms with Crippen molar-refractivity contribution in [3.63, 3.8) is 0 Å². The van der Waals surface area contributed by atoms with Crippen molar-refractivity contribution in [1.29, 1.82) is 0 Å². The molecule has 3 heterocycles. The Balaban J connectivity index is 0.000000229. The fourth-order valence-electron chi connectivity index (χ4n) is 5.71. The monoisotopic (exact) mass is 661 g/mol. The molecule has 0 aliphatic heterocycles. The van der Waals surface area contributed by atoms with Crippen LogP contribution in [0, 0.1) is 0 Å². The highest BCUT2D eigenvalue weighted by Crippen LogP contribution is 2.38. The zero-order valence-corrected chi connectivity index (χ0v) is 30.6. The predicted molar refractivity (Wildman–Crippen MR) is 208 cm³/mol. The van der Waals surface area contributed by atoms with Gasteiger partial charge in [-0.2, -0.15) is 0 Å². The summed E-state index contributed by atoms with van der Waals surface area (Å²) >= 11 is 0. The fourth-order valence-corrected chi connectivity index (χ4v) is 5.71. The molecule has 2 atom stereocenters. The first-order valence-electron chi connectivity index (χ1n) is 17.9. The van der Waals surface area contributed by atoms with Gasteiger partial charge in [0.1, 0.15) is 22.7 Å². The minimum Gasteiger partial charge on any atom is -0.456 e. The summed E-state index contributed by atoms with van der Waals surface area (Å²) in [6.45, 7) is 18.2. The van der Waals surface area contributed by atoms with Gasteiger partial charge < -0.3 is 15.1 Å². The summed E-state index contributed by atoms with van der Waals surface area (Å²) in [5.74, 6) is 1.88. The molecule has 2 aromatic carbocycles. The molecule has 5 aromatic rings. The summed E-state index contributed by atoms with van der Waals surface area (Å²) in [5, 5.41) is 8.70. The Bertz CT molecular complexity index is 1900. The molecule has 49 heavy (non-hydrogen) atoms. The van der Waals surface area contributed by atoms with Crippen LogP contribution < -0.4 is 16.2 Å². The maximum absolute atomic E-state index is 13.0. The van der Waals surface area contributed by atoms with Crippen LogP contribution in [0.3, 0.4) is 0 Å². The third-order valence-corrected chi connectivity index (χ3v) is 8.99. The van der Waals surface area contributed by atoms with E-state index in [-0.39, 0.29) is 11.6 Å². The number of benzene rings is 2. The number of pyridine rings is 1.